The molecule has 0 aliphatic rings. The highest BCUT2D eigenvalue weighted by atomic mass is 79.9. The molecule has 0 aliphatic heterocycles. The number of benzene rings is 2. The van der Waals surface area contributed by atoms with Gasteiger partial charge in [-0.3, -0.25) is 9.59 Å². The van der Waals surface area contributed by atoms with Gasteiger partial charge in [-0.2, -0.15) is 5.10 Å². The average molecular weight is 455 g/mol. The van der Waals surface area contributed by atoms with Crippen LogP contribution < -0.4 is 5.32 Å². The smallest absolute Gasteiger partial charge is 0.259 e. The summed E-state index contributed by atoms with van der Waals surface area (Å²) in [6, 6.07) is 15.1. The van der Waals surface area contributed by atoms with E-state index >= 15 is 0 Å². The summed E-state index contributed by atoms with van der Waals surface area (Å²) in [7, 11) is 3.46. The first-order chi connectivity index (χ1) is 13.8. The van der Waals surface area contributed by atoms with Gasteiger partial charge < -0.3 is 10.2 Å². The van der Waals surface area contributed by atoms with Gasteiger partial charge in [0.2, 0.25) is 5.91 Å². The molecule has 3 aromatic rings. The van der Waals surface area contributed by atoms with E-state index < -0.39 is 0 Å². The molecule has 0 fully saturated rings. The van der Waals surface area contributed by atoms with Gasteiger partial charge in [0.1, 0.15) is 0 Å². The lowest BCUT2D eigenvalue weighted by Crippen LogP contribution is -2.23. The quantitative estimate of drug-likeness (QED) is 0.629. The molecule has 0 atom stereocenters. The Morgan fingerprint density at radius 1 is 1.03 bits per heavy atom. The third-order valence-electron chi connectivity index (χ3n) is 4.66. The van der Waals surface area contributed by atoms with Crippen LogP contribution in [0.15, 0.2) is 53.0 Å². The first-order valence-electron chi connectivity index (χ1n) is 9.19. The van der Waals surface area contributed by atoms with Gasteiger partial charge in [0.15, 0.2) is 0 Å². The molecule has 1 heterocycles. The van der Waals surface area contributed by atoms with Crippen molar-refractivity contribution in [2.24, 2.45) is 0 Å². The zero-order valence-electron chi connectivity index (χ0n) is 16.9. The van der Waals surface area contributed by atoms with Crippen LogP contribution in [0, 0.1) is 13.8 Å². The predicted octanol–water partition coefficient (Wildman–Crippen LogP) is 4.13. The largest absolute Gasteiger partial charge is 0.349 e. The highest BCUT2D eigenvalue weighted by molar-refractivity contribution is 9.10. The summed E-state index contributed by atoms with van der Waals surface area (Å²) in [6.07, 6.45) is 0.333. The number of carbonyl (C=O) groups excluding carboxylic acids is 2. The molecule has 0 aliphatic carbocycles. The van der Waals surface area contributed by atoms with Crippen molar-refractivity contribution >= 4 is 33.4 Å². The number of hydrogen-bond acceptors (Lipinski definition) is 3. The summed E-state index contributed by atoms with van der Waals surface area (Å²) in [4.78, 5) is 26.3. The maximum atomic E-state index is 12.9. The van der Waals surface area contributed by atoms with Gasteiger partial charge in [0.25, 0.3) is 5.91 Å². The number of carbonyl (C=O) groups is 2. The number of aryl methyl sites for hydroxylation is 1. The topological polar surface area (TPSA) is 67.2 Å². The van der Waals surface area contributed by atoms with E-state index in [4.69, 9.17) is 0 Å². The third-order valence-corrected chi connectivity index (χ3v) is 5.18. The maximum absolute atomic E-state index is 12.9. The number of rotatable bonds is 5. The lowest BCUT2D eigenvalue weighted by molar-refractivity contribution is -0.127. The summed E-state index contributed by atoms with van der Waals surface area (Å²) in [5.41, 5.74) is 4.46. The Morgan fingerprint density at radius 2 is 1.66 bits per heavy atom. The van der Waals surface area contributed by atoms with E-state index in [0.717, 1.165) is 21.4 Å². The molecule has 6 nitrogen and oxygen atoms in total. The fourth-order valence-corrected chi connectivity index (χ4v) is 3.30. The van der Waals surface area contributed by atoms with E-state index in [-0.39, 0.29) is 11.8 Å². The number of halogens is 1. The fraction of sp³-hybridized carbons (Fsp3) is 0.227. The fourth-order valence-electron chi connectivity index (χ4n) is 3.04. The highest BCUT2D eigenvalue weighted by Gasteiger charge is 2.19. The van der Waals surface area contributed by atoms with Crippen LogP contribution in [0.3, 0.4) is 0 Å². The van der Waals surface area contributed by atoms with Crippen LogP contribution in [0.5, 0.6) is 0 Å². The Balaban J connectivity index is 1.77. The van der Waals surface area contributed by atoms with E-state index in [1.807, 2.05) is 50.2 Å². The predicted molar refractivity (Wildman–Crippen MR) is 118 cm³/mol. The van der Waals surface area contributed by atoms with Gasteiger partial charge in [-0.1, -0.05) is 28.1 Å². The van der Waals surface area contributed by atoms with Gasteiger partial charge in [0, 0.05) is 24.3 Å². The number of likely N-dealkylation sites (N-methyl/N-ethyl adjacent to an activating group) is 1. The van der Waals surface area contributed by atoms with Crippen molar-refractivity contribution in [3.8, 4) is 5.69 Å². The summed E-state index contributed by atoms with van der Waals surface area (Å²) in [6.45, 7) is 3.71. The number of nitrogens with one attached hydrogen (secondary N) is 1. The summed E-state index contributed by atoms with van der Waals surface area (Å²) >= 11 is 3.43. The monoisotopic (exact) mass is 454 g/mol. The number of aromatic nitrogens is 2. The maximum Gasteiger partial charge on any atom is 0.259 e. The van der Waals surface area contributed by atoms with Crippen molar-refractivity contribution in [1.29, 1.82) is 0 Å². The molecule has 1 N–H and O–H groups in total. The minimum atomic E-state index is -0.208. The number of amides is 2. The van der Waals surface area contributed by atoms with Crippen LogP contribution in [0.1, 0.15) is 27.3 Å². The standard InChI is InChI=1S/C22H23BrN4O2/c1-14-21(15(2)27(25-14)19-11-7-17(23)8-12-19)22(29)24-18-9-5-16(6-10-18)13-20(28)26(3)4/h5-12H,13H2,1-4H3,(H,24,29). The minimum Gasteiger partial charge on any atom is -0.349 e. The van der Waals surface area contributed by atoms with Crippen molar-refractivity contribution in [2.75, 3.05) is 19.4 Å². The first-order valence-corrected chi connectivity index (χ1v) is 9.98. The normalized spacial score (nSPS) is 10.7. The molecule has 0 radical (unpaired) electrons. The molecule has 150 valence electrons. The second-order valence-electron chi connectivity index (χ2n) is 7.05. The van der Waals surface area contributed by atoms with Gasteiger partial charge >= 0.3 is 0 Å². The molecule has 0 saturated heterocycles. The van der Waals surface area contributed by atoms with E-state index in [2.05, 4.69) is 26.3 Å². The molecule has 2 aromatic carbocycles. The van der Waals surface area contributed by atoms with Gasteiger partial charge in [-0.05, 0) is 55.8 Å². The van der Waals surface area contributed by atoms with Crippen LogP contribution in [0.25, 0.3) is 5.69 Å². The Morgan fingerprint density at radius 3 is 2.24 bits per heavy atom. The SMILES string of the molecule is Cc1nn(-c2ccc(Br)cc2)c(C)c1C(=O)Nc1ccc(CC(=O)N(C)C)cc1. The summed E-state index contributed by atoms with van der Waals surface area (Å²) in [5.74, 6) is -0.172. The molecule has 0 spiro atoms. The van der Waals surface area contributed by atoms with Crippen LogP contribution in [-0.4, -0.2) is 40.6 Å². The van der Waals surface area contributed by atoms with Crippen molar-refractivity contribution < 1.29 is 9.59 Å². The van der Waals surface area contributed by atoms with Gasteiger partial charge in [-0.15, -0.1) is 0 Å². The summed E-state index contributed by atoms with van der Waals surface area (Å²) in [5, 5.41) is 7.46. The number of nitrogens with zero attached hydrogens (tertiary/aromatic N) is 3. The van der Waals surface area contributed by atoms with E-state index in [0.29, 0.717) is 23.4 Å². The van der Waals surface area contributed by atoms with Gasteiger partial charge in [0.05, 0.1) is 29.1 Å². The second-order valence-corrected chi connectivity index (χ2v) is 7.97. The van der Waals surface area contributed by atoms with Crippen LogP contribution in [0.2, 0.25) is 0 Å². The highest BCUT2D eigenvalue weighted by Crippen LogP contribution is 2.21. The molecule has 2 amide bonds. The molecule has 3 rings (SSSR count). The van der Waals surface area contributed by atoms with Crippen molar-refractivity contribution in [3.05, 3.63) is 75.5 Å². The number of anilines is 1. The molecule has 0 unspecified atom stereocenters. The lowest BCUT2D eigenvalue weighted by atomic mass is 10.1. The molecule has 0 saturated carbocycles. The zero-order chi connectivity index (χ0) is 21.1. The van der Waals surface area contributed by atoms with Crippen molar-refractivity contribution in [3.63, 3.8) is 0 Å². The molecular formula is C22H23BrN4O2. The molecule has 7 heteroatoms. The first kappa shape index (κ1) is 20.8. The Labute approximate surface area is 178 Å². The number of hydrogen-bond donors (Lipinski definition) is 1. The molecule has 0 bridgehead atoms. The minimum absolute atomic E-state index is 0.0355. The van der Waals surface area contributed by atoms with Crippen molar-refractivity contribution in [2.45, 2.75) is 20.3 Å². The van der Waals surface area contributed by atoms with Crippen LogP contribution in [0.4, 0.5) is 5.69 Å². The van der Waals surface area contributed by atoms with Gasteiger partial charge in [-0.25, -0.2) is 4.68 Å². The van der Waals surface area contributed by atoms with Crippen LogP contribution >= 0.6 is 15.9 Å². The van der Waals surface area contributed by atoms with E-state index in [1.54, 1.807) is 35.8 Å². The Bertz CT molecular complexity index is 1040. The summed E-state index contributed by atoms with van der Waals surface area (Å²) < 4.78 is 2.75. The van der Waals surface area contributed by atoms with Crippen molar-refractivity contribution in [1.82, 2.24) is 14.7 Å². The van der Waals surface area contributed by atoms with E-state index in [9.17, 15) is 9.59 Å². The second kappa shape index (κ2) is 8.61. The third kappa shape index (κ3) is 4.74. The molecular weight excluding hydrogens is 432 g/mol. The van der Waals surface area contributed by atoms with E-state index in [1.165, 1.54) is 0 Å². The van der Waals surface area contributed by atoms with Crippen LogP contribution in [-0.2, 0) is 11.2 Å². The Hall–Kier alpha value is -2.93. The molecule has 29 heavy (non-hydrogen) atoms. The zero-order valence-corrected chi connectivity index (χ0v) is 18.4. The average Bonchev–Trinajstić information content (AvgIpc) is 2.98. The Kier molecular flexibility index (Phi) is 6.17. The molecule has 1 aromatic heterocycles. The lowest BCUT2D eigenvalue weighted by Gasteiger charge is -2.11.